The number of carbonyl (C=O) groups is 2. The molecule has 1 aliphatic heterocycles. The Morgan fingerprint density at radius 3 is 2.42 bits per heavy atom. The molecule has 8 nitrogen and oxygen atoms in total. The zero-order chi connectivity index (χ0) is 23.8. The lowest BCUT2D eigenvalue weighted by atomic mass is 10.1. The molecule has 2 aromatic rings. The molecule has 1 unspecified atom stereocenters. The van der Waals surface area contributed by atoms with E-state index in [0.29, 0.717) is 18.7 Å². The second kappa shape index (κ2) is 11.4. The summed E-state index contributed by atoms with van der Waals surface area (Å²) in [6, 6.07) is 15.7. The van der Waals surface area contributed by atoms with Gasteiger partial charge in [-0.1, -0.05) is 37.3 Å². The molecule has 0 aliphatic carbocycles. The van der Waals surface area contributed by atoms with Crippen LogP contribution < -0.4 is 10.6 Å². The van der Waals surface area contributed by atoms with Gasteiger partial charge in [0.1, 0.15) is 0 Å². The van der Waals surface area contributed by atoms with Crippen LogP contribution in [0.4, 0.5) is 5.69 Å². The molecule has 0 aromatic heterocycles. The summed E-state index contributed by atoms with van der Waals surface area (Å²) in [5, 5.41) is 5.82. The van der Waals surface area contributed by atoms with E-state index in [1.165, 1.54) is 16.4 Å². The van der Waals surface area contributed by atoms with E-state index < -0.39 is 10.0 Å². The van der Waals surface area contributed by atoms with Crippen LogP contribution in [-0.2, 0) is 26.2 Å². The first-order valence-electron chi connectivity index (χ1n) is 11.2. The number of sulfonamides is 1. The number of likely N-dealkylation sites (tertiary alicyclic amines) is 1. The highest BCUT2D eigenvalue weighted by Crippen LogP contribution is 2.19. The number of rotatable bonds is 9. The van der Waals surface area contributed by atoms with Crippen LogP contribution in [0.1, 0.15) is 31.7 Å². The molecule has 0 radical (unpaired) electrons. The van der Waals surface area contributed by atoms with Gasteiger partial charge in [-0.25, -0.2) is 8.42 Å². The number of nitrogens with zero attached hydrogens (tertiary/aromatic N) is 2. The average molecular weight is 473 g/mol. The van der Waals surface area contributed by atoms with E-state index in [9.17, 15) is 18.0 Å². The summed E-state index contributed by atoms with van der Waals surface area (Å²) in [6.07, 6.45) is 2.29. The third-order valence-corrected chi connectivity index (χ3v) is 7.47. The van der Waals surface area contributed by atoms with Crippen molar-refractivity contribution in [2.75, 3.05) is 32.0 Å². The number of amides is 2. The molecule has 3 rings (SSSR count). The van der Waals surface area contributed by atoms with Gasteiger partial charge in [0.25, 0.3) is 0 Å². The number of hydrogen-bond donors (Lipinski definition) is 2. The Kier molecular flexibility index (Phi) is 8.60. The summed E-state index contributed by atoms with van der Waals surface area (Å²) in [5.41, 5.74) is 1.44. The van der Waals surface area contributed by atoms with Crippen LogP contribution >= 0.6 is 0 Å². The highest BCUT2D eigenvalue weighted by molar-refractivity contribution is 7.89. The van der Waals surface area contributed by atoms with Crippen molar-refractivity contribution >= 4 is 27.5 Å². The quantitative estimate of drug-likeness (QED) is 0.584. The fraction of sp³-hybridized carbons (Fsp3) is 0.417. The predicted molar refractivity (Wildman–Crippen MR) is 128 cm³/mol. The molecule has 1 saturated heterocycles. The zero-order valence-corrected chi connectivity index (χ0v) is 20.0. The van der Waals surface area contributed by atoms with Crippen molar-refractivity contribution in [3.05, 3.63) is 60.2 Å². The van der Waals surface area contributed by atoms with Gasteiger partial charge < -0.3 is 10.6 Å². The highest BCUT2D eigenvalue weighted by atomic mass is 32.2. The van der Waals surface area contributed by atoms with Crippen molar-refractivity contribution in [1.82, 2.24) is 14.5 Å². The molecular weight excluding hydrogens is 440 g/mol. The molecule has 0 spiro atoms. The van der Waals surface area contributed by atoms with Gasteiger partial charge in [-0.05, 0) is 49.2 Å². The van der Waals surface area contributed by atoms with Crippen LogP contribution in [0.3, 0.4) is 0 Å². The number of carbonyl (C=O) groups excluding carboxylic acids is 2. The molecule has 1 atom stereocenters. The van der Waals surface area contributed by atoms with Crippen molar-refractivity contribution in [1.29, 1.82) is 0 Å². The minimum absolute atomic E-state index is 0.0238. The van der Waals surface area contributed by atoms with Gasteiger partial charge in [0.15, 0.2) is 0 Å². The molecule has 0 bridgehead atoms. The lowest BCUT2D eigenvalue weighted by Crippen LogP contribution is -2.49. The monoisotopic (exact) mass is 472 g/mol. The molecule has 2 N–H and O–H groups in total. The Labute approximate surface area is 196 Å². The van der Waals surface area contributed by atoms with Gasteiger partial charge in [-0.3, -0.25) is 14.5 Å². The van der Waals surface area contributed by atoms with E-state index in [1.54, 1.807) is 19.2 Å². The molecule has 9 heteroatoms. The van der Waals surface area contributed by atoms with Gasteiger partial charge in [-0.15, -0.1) is 0 Å². The summed E-state index contributed by atoms with van der Waals surface area (Å²) in [6.45, 7) is 3.76. The largest absolute Gasteiger partial charge is 0.352 e. The summed E-state index contributed by atoms with van der Waals surface area (Å²) >= 11 is 0. The summed E-state index contributed by atoms with van der Waals surface area (Å²) in [5.74, 6) is -0.148. The van der Waals surface area contributed by atoms with Crippen molar-refractivity contribution in [3.63, 3.8) is 0 Å². The van der Waals surface area contributed by atoms with Crippen LogP contribution in [0, 0.1) is 0 Å². The fourth-order valence-electron chi connectivity index (χ4n) is 3.87. The average Bonchev–Trinajstić information content (AvgIpc) is 2.80. The number of hydrogen-bond acceptors (Lipinski definition) is 5. The second-order valence-electron chi connectivity index (χ2n) is 8.31. The smallest absolute Gasteiger partial charge is 0.243 e. The lowest BCUT2D eigenvalue weighted by molar-refractivity contribution is -0.121. The Hall–Kier alpha value is -2.75. The molecule has 2 amide bonds. The van der Waals surface area contributed by atoms with E-state index in [2.05, 4.69) is 10.6 Å². The molecule has 33 heavy (non-hydrogen) atoms. The number of anilines is 1. The third-order valence-electron chi connectivity index (χ3n) is 5.65. The van der Waals surface area contributed by atoms with E-state index in [0.717, 1.165) is 24.9 Å². The Morgan fingerprint density at radius 1 is 1.06 bits per heavy atom. The molecule has 178 valence electrons. The minimum Gasteiger partial charge on any atom is -0.352 e. The summed E-state index contributed by atoms with van der Waals surface area (Å²) < 4.78 is 27.0. The van der Waals surface area contributed by atoms with Gasteiger partial charge in [-0.2, -0.15) is 4.31 Å². The maximum absolute atomic E-state index is 12.9. The number of nitrogens with one attached hydrogen (secondary N) is 2. The number of benzene rings is 2. The van der Waals surface area contributed by atoms with Crippen LogP contribution in [0.15, 0.2) is 59.5 Å². The normalized spacial score (nSPS) is 17.0. The molecule has 2 aromatic carbocycles. The van der Waals surface area contributed by atoms with Crippen molar-refractivity contribution in [2.24, 2.45) is 0 Å². The fourth-order valence-corrected chi connectivity index (χ4v) is 5.02. The van der Waals surface area contributed by atoms with Gasteiger partial charge >= 0.3 is 0 Å². The van der Waals surface area contributed by atoms with Gasteiger partial charge in [0.05, 0.1) is 11.4 Å². The highest BCUT2D eigenvalue weighted by Gasteiger charge is 2.23. The van der Waals surface area contributed by atoms with Crippen LogP contribution in [0.25, 0.3) is 0 Å². The van der Waals surface area contributed by atoms with E-state index in [1.807, 2.05) is 42.2 Å². The van der Waals surface area contributed by atoms with Gasteiger partial charge in [0, 0.05) is 38.3 Å². The molecular formula is C24H32N4O4S. The molecule has 1 heterocycles. The first-order chi connectivity index (χ1) is 15.8. The van der Waals surface area contributed by atoms with Crippen LogP contribution in [0.2, 0.25) is 0 Å². The second-order valence-corrected chi connectivity index (χ2v) is 10.4. The van der Waals surface area contributed by atoms with E-state index >= 15 is 0 Å². The molecule has 0 saturated carbocycles. The first kappa shape index (κ1) is 24.9. The Morgan fingerprint density at radius 2 is 1.76 bits per heavy atom. The van der Waals surface area contributed by atoms with Crippen molar-refractivity contribution in [2.45, 2.75) is 43.7 Å². The standard InChI is InChI=1S/C24H32N4O4S/c1-3-23(29)26-21-10-7-15-28(17-21)18-24(30)25-20-11-13-22(14-12-20)33(31,32)27(2)16-19-8-5-4-6-9-19/h4-6,8-9,11-14,21H,3,7,10,15-18H2,1-2H3,(H,25,30)(H,26,29). The van der Waals surface area contributed by atoms with Gasteiger partial charge in [0.2, 0.25) is 21.8 Å². The van der Waals surface area contributed by atoms with Crippen LogP contribution in [-0.4, -0.2) is 62.2 Å². The maximum Gasteiger partial charge on any atom is 0.243 e. The third kappa shape index (κ3) is 7.12. The van der Waals surface area contributed by atoms with E-state index in [-0.39, 0.29) is 35.8 Å². The first-order valence-corrected chi connectivity index (χ1v) is 12.6. The van der Waals surface area contributed by atoms with Crippen LogP contribution in [0.5, 0.6) is 0 Å². The summed E-state index contributed by atoms with van der Waals surface area (Å²) in [4.78, 5) is 26.3. The minimum atomic E-state index is -3.65. The molecule has 1 fully saturated rings. The van der Waals surface area contributed by atoms with E-state index in [4.69, 9.17) is 0 Å². The Bertz CT molecular complexity index is 1040. The topological polar surface area (TPSA) is 98.8 Å². The Balaban J connectivity index is 1.54. The van der Waals surface area contributed by atoms with Crippen molar-refractivity contribution < 1.29 is 18.0 Å². The zero-order valence-electron chi connectivity index (χ0n) is 19.2. The molecule has 1 aliphatic rings. The van der Waals surface area contributed by atoms with Crippen molar-refractivity contribution in [3.8, 4) is 0 Å². The SMILES string of the molecule is CCC(=O)NC1CCCN(CC(=O)Nc2ccc(S(=O)(=O)N(C)Cc3ccccc3)cc2)C1. The lowest BCUT2D eigenvalue weighted by Gasteiger charge is -2.32. The summed E-state index contributed by atoms with van der Waals surface area (Å²) in [7, 11) is -2.10. The number of piperidine rings is 1. The predicted octanol–water partition coefficient (Wildman–Crippen LogP) is 2.44. The maximum atomic E-state index is 12.9.